The van der Waals surface area contributed by atoms with E-state index in [1.807, 2.05) is 12.1 Å². The molecule has 0 saturated carbocycles. The molecule has 0 aromatic heterocycles. The molecule has 0 spiro atoms. The largest absolute Gasteiger partial charge is 0.329 e. The van der Waals surface area contributed by atoms with Crippen LogP contribution in [-0.2, 0) is 16.4 Å². The van der Waals surface area contributed by atoms with Crippen LogP contribution in [0.15, 0.2) is 29.2 Å². The van der Waals surface area contributed by atoms with Crippen molar-refractivity contribution in [2.75, 3.05) is 6.54 Å². The molecule has 0 aliphatic carbocycles. The van der Waals surface area contributed by atoms with Gasteiger partial charge in [0, 0.05) is 12.6 Å². The minimum Gasteiger partial charge on any atom is -0.329 e. The van der Waals surface area contributed by atoms with E-state index in [0.29, 0.717) is 23.3 Å². The van der Waals surface area contributed by atoms with Gasteiger partial charge in [0.05, 0.1) is 4.90 Å². The van der Waals surface area contributed by atoms with Crippen LogP contribution in [0.4, 0.5) is 0 Å². The number of nitrogens with two attached hydrogens (primary N) is 1. The Hall–Kier alpha value is -0.910. The van der Waals surface area contributed by atoms with E-state index in [-0.39, 0.29) is 6.04 Å². The second kappa shape index (κ2) is 7.92. The highest BCUT2D eigenvalue weighted by molar-refractivity contribution is 7.89. The molecule has 0 aliphatic rings. The van der Waals surface area contributed by atoms with Gasteiger partial charge in [-0.25, -0.2) is 13.1 Å². The van der Waals surface area contributed by atoms with Crippen molar-refractivity contribution in [2.45, 2.75) is 51.5 Å². The Morgan fingerprint density at radius 2 is 1.62 bits per heavy atom. The topological polar surface area (TPSA) is 72.2 Å². The molecule has 1 unspecified atom stereocenters. The highest BCUT2D eigenvalue weighted by Gasteiger charge is 2.19. The number of sulfonamides is 1. The minimum atomic E-state index is -3.49. The summed E-state index contributed by atoms with van der Waals surface area (Å²) in [6, 6.07) is 6.89. The van der Waals surface area contributed by atoms with Crippen molar-refractivity contribution in [3.63, 3.8) is 0 Å². The van der Waals surface area contributed by atoms with Gasteiger partial charge in [-0.15, -0.1) is 0 Å². The molecule has 0 bridgehead atoms. The third-order valence-corrected chi connectivity index (χ3v) is 4.78. The zero-order valence-corrected chi connectivity index (χ0v) is 14.3. The quantitative estimate of drug-likeness (QED) is 0.775. The van der Waals surface area contributed by atoms with E-state index in [4.69, 9.17) is 5.73 Å². The van der Waals surface area contributed by atoms with Crippen LogP contribution in [0.2, 0.25) is 0 Å². The molecule has 0 aliphatic heterocycles. The Bertz CT molecular complexity index is 522. The SMILES string of the molecule is CC(C)Cc1ccc(S(=O)(=O)NC(CN)CC(C)C)cc1. The van der Waals surface area contributed by atoms with Crippen molar-refractivity contribution in [3.8, 4) is 0 Å². The Morgan fingerprint density at radius 1 is 1.05 bits per heavy atom. The summed E-state index contributed by atoms with van der Waals surface area (Å²) in [5.74, 6) is 0.952. The Balaban J connectivity index is 2.82. The predicted molar refractivity (Wildman–Crippen MR) is 87.6 cm³/mol. The summed E-state index contributed by atoms with van der Waals surface area (Å²) in [7, 11) is -3.49. The van der Waals surface area contributed by atoms with Crippen molar-refractivity contribution in [1.29, 1.82) is 0 Å². The summed E-state index contributed by atoms with van der Waals surface area (Å²) >= 11 is 0. The first-order valence-electron chi connectivity index (χ1n) is 7.56. The molecule has 1 atom stereocenters. The molecule has 1 rings (SSSR count). The van der Waals surface area contributed by atoms with E-state index in [9.17, 15) is 8.42 Å². The lowest BCUT2D eigenvalue weighted by atomic mass is 10.0. The zero-order valence-electron chi connectivity index (χ0n) is 13.5. The summed E-state index contributed by atoms with van der Waals surface area (Å²) in [5.41, 5.74) is 6.81. The van der Waals surface area contributed by atoms with Crippen LogP contribution in [0.25, 0.3) is 0 Å². The van der Waals surface area contributed by atoms with E-state index < -0.39 is 10.0 Å². The maximum atomic E-state index is 12.3. The lowest BCUT2D eigenvalue weighted by Gasteiger charge is -2.19. The smallest absolute Gasteiger partial charge is 0.240 e. The van der Waals surface area contributed by atoms with Crippen LogP contribution >= 0.6 is 0 Å². The monoisotopic (exact) mass is 312 g/mol. The average Bonchev–Trinajstić information content (AvgIpc) is 2.37. The summed E-state index contributed by atoms with van der Waals surface area (Å²) in [5, 5.41) is 0. The van der Waals surface area contributed by atoms with Gasteiger partial charge in [-0.1, -0.05) is 39.8 Å². The van der Waals surface area contributed by atoms with Crippen molar-refractivity contribution in [2.24, 2.45) is 17.6 Å². The molecule has 0 amide bonds. The first kappa shape index (κ1) is 18.1. The molecule has 1 aromatic rings. The maximum Gasteiger partial charge on any atom is 0.240 e. The van der Waals surface area contributed by atoms with Gasteiger partial charge >= 0.3 is 0 Å². The standard InChI is InChI=1S/C16H28N2O2S/c1-12(2)9-14-5-7-16(8-6-14)21(19,20)18-15(11-17)10-13(3)4/h5-8,12-13,15,18H,9-11,17H2,1-4H3. The molecule has 5 heteroatoms. The van der Waals surface area contributed by atoms with Crippen LogP contribution in [0.3, 0.4) is 0 Å². The highest BCUT2D eigenvalue weighted by Crippen LogP contribution is 2.15. The molecular weight excluding hydrogens is 284 g/mol. The molecular formula is C16H28N2O2S. The second-order valence-electron chi connectivity index (χ2n) is 6.43. The fraction of sp³-hybridized carbons (Fsp3) is 0.625. The van der Waals surface area contributed by atoms with E-state index in [1.165, 1.54) is 0 Å². The molecule has 0 fully saturated rings. The van der Waals surface area contributed by atoms with E-state index in [1.54, 1.807) is 12.1 Å². The lowest BCUT2D eigenvalue weighted by Crippen LogP contribution is -2.40. The first-order chi connectivity index (χ1) is 9.74. The van der Waals surface area contributed by atoms with Gasteiger partial charge in [0.2, 0.25) is 10.0 Å². The van der Waals surface area contributed by atoms with E-state index in [0.717, 1.165) is 18.4 Å². The van der Waals surface area contributed by atoms with Crippen LogP contribution in [0, 0.1) is 11.8 Å². The molecule has 0 heterocycles. The third-order valence-electron chi connectivity index (χ3n) is 3.24. The van der Waals surface area contributed by atoms with Crippen LogP contribution < -0.4 is 10.5 Å². The van der Waals surface area contributed by atoms with Crippen molar-refractivity contribution in [1.82, 2.24) is 4.72 Å². The van der Waals surface area contributed by atoms with Crippen molar-refractivity contribution >= 4 is 10.0 Å². The fourth-order valence-corrected chi connectivity index (χ4v) is 3.59. The zero-order chi connectivity index (χ0) is 16.0. The number of rotatable bonds is 8. The highest BCUT2D eigenvalue weighted by atomic mass is 32.2. The summed E-state index contributed by atoms with van der Waals surface area (Å²) in [6.45, 7) is 8.70. The Labute approximate surface area is 129 Å². The average molecular weight is 312 g/mol. The van der Waals surface area contributed by atoms with Crippen LogP contribution in [0.5, 0.6) is 0 Å². The molecule has 0 radical (unpaired) electrons. The number of hydrogen-bond acceptors (Lipinski definition) is 3. The molecule has 0 saturated heterocycles. The van der Waals surface area contributed by atoms with Gasteiger partial charge in [0.25, 0.3) is 0 Å². The summed E-state index contributed by atoms with van der Waals surface area (Å²) < 4.78 is 27.4. The molecule has 3 N–H and O–H groups in total. The van der Waals surface area contributed by atoms with Gasteiger partial charge < -0.3 is 5.73 Å². The maximum absolute atomic E-state index is 12.3. The van der Waals surface area contributed by atoms with Crippen molar-refractivity contribution < 1.29 is 8.42 Å². The number of hydrogen-bond donors (Lipinski definition) is 2. The lowest BCUT2D eigenvalue weighted by molar-refractivity contribution is 0.465. The normalized spacial score (nSPS) is 13.9. The first-order valence-corrected chi connectivity index (χ1v) is 9.04. The second-order valence-corrected chi connectivity index (χ2v) is 8.14. The van der Waals surface area contributed by atoms with E-state index in [2.05, 4.69) is 32.4 Å². The summed E-state index contributed by atoms with van der Waals surface area (Å²) in [6.07, 6.45) is 1.69. The van der Waals surface area contributed by atoms with Crippen molar-refractivity contribution in [3.05, 3.63) is 29.8 Å². The molecule has 120 valence electrons. The predicted octanol–water partition coefficient (Wildman–Crippen LogP) is 2.54. The van der Waals surface area contributed by atoms with E-state index >= 15 is 0 Å². The molecule has 21 heavy (non-hydrogen) atoms. The van der Waals surface area contributed by atoms with Gasteiger partial charge in [-0.3, -0.25) is 0 Å². The van der Waals surface area contributed by atoms with Gasteiger partial charge in [-0.2, -0.15) is 0 Å². The fourth-order valence-electron chi connectivity index (χ4n) is 2.33. The molecule has 4 nitrogen and oxygen atoms in total. The molecule has 1 aromatic carbocycles. The number of benzene rings is 1. The van der Waals surface area contributed by atoms with Crippen LogP contribution in [0.1, 0.15) is 39.7 Å². The Kier molecular flexibility index (Phi) is 6.84. The Morgan fingerprint density at radius 3 is 2.05 bits per heavy atom. The van der Waals surface area contributed by atoms with Crippen LogP contribution in [-0.4, -0.2) is 21.0 Å². The summed E-state index contributed by atoms with van der Waals surface area (Å²) in [4.78, 5) is 0.303. The van der Waals surface area contributed by atoms with Gasteiger partial charge in [-0.05, 0) is 42.4 Å². The number of nitrogens with one attached hydrogen (secondary N) is 1. The van der Waals surface area contributed by atoms with Gasteiger partial charge in [0.1, 0.15) is 0 Å². The van der Waals surface area contributed by atoms with Gasteiger partial charge in [0.15, 0.2) is 0 Å². The third kappa shape index (κ3) is 6.16. The minimum absolute atomic E-state index is 0.217.